The highest BCUT2D eigenvalue weighted by Gasteiger charge is 2.30. The average Bonchev–Trinajstić information content (AvgIpc) is 2.32. The molecule has 0 saturated carbocycles. The molecule has 2 atom stereocenters. The molecule has 1 rings (SSSR count). The lowest BCUT2D eigenvalue weighted by Gasteiger charge is -2.25. The van der Waals surface area contributed by atoms with Crippen LogP contribution in [0.4, 0.5) is 9.18 Å². The highest BCUT2D eigenvalue weighted by Crippen LogP contribution is 2.19. The van der Waals surface area contributed by atoms with Crippen LogP contribution in [0.25, 0.3) is 0 Å². The Labute approximate surface area is 121 Å². The number of aliphatic carboxylic acids is 1. The van der Waals surface area contributed by atoms with Crippen LogP contribution in [0, 0.1) is 5.82 Å². The van der Waals surface area contributed by atoms with Gasteiger partial charge in [0.15, 0.2) is 6.10 Å². The topological polar surface area (TPSA) is 95.9 Å². The SMILES string of the molecule is CC(C)(C)OC(=O)N[C@@H](c1cccc(F)c1)[C@H](O)C(=O)O. The molecule has 6 nitrogen and oxygen atoms in total. The first kappa shape index (κ1) is 16.9. The minimum absolute atomic E-state index is 0.121. The first-order valence-corrected chi connectivity index (χ1v) is 6.26. The fraction of sp³-hybridized carbons (Fsp3) is 0.429. The Morgan fingerprint density at radius 2 is 1.95 bits per heavy atom. The molecular weight excluding hydrogens is 281 g/mol. The molecule has 21 heavy (non-hydrogen) atoms. The van der Waals surface area contributed by atoms with Crippen molar-refractivity contribution in [1.82, 2.24) is 5.32 Å². The number of aliphatic hydroxyl groups excluding tert-OH is 1. The highest BCUT2D eigenvalue weighted by atomic mass is 19.1. The summed E-state index contributed by atoms with van der Waals surface area (Å²) in [6.45, 7) is 4.91. The van der Waals surface area contributed by atoms with Crippen LogP contribution in [0.15, 0.2) is 24.3 Å². The molecule has 0 aromatic heterocycles. The summed E-state index contributed by atoms with van der Waals surface area (Å²) < 4.78 is 18.2. The van der Waals surface area contributed by atoms with E-state index in [4.69, 9.17) is 9.84 Å². The van der Waals surface area contributed by atoms with E-state index < -0.39 is 35.6 Å². The number of carboxylic acid groups (broad SMARTS) is 1. The second kappa shape index (κ2) is 6.53. The molecule has 0 aliphatic rings. The highest BCUT2D eigenvalue weighted by molar-refractivity contribution is 5.75. The maximum absolute atomic E-state index is 13.2. The number of carbonyl (C=O) groups excluding carboxylic acids is 1. The molecule has 0 heterocycles. The summed E-state index contributed by atoms with van der Waals surface area (Å²) in [7, 11) is 0. The maximum atomic E-state index is 13.2. The second-order valence-corrected chi connectivity index (χ2v) is 5.46. The summed E-state index contributed by atoms with van der Waals surface area (Å²) >= 11 is 0. The number of alkyl carbamates (subject to hydrolysis) is 1. The lowest BCUT2D eigenvalue weighted by atomic mass is 10.0. The molecule has 0 unspecified atom stereocenters. The van der Waals surface area contributed by atoms with E-state index in [1.165, 1.54) is 18.2 Å². The van der Waals surface area contributed by atoms with Crippen LogP contribution >= 0.6 is 0 Å². The van der Waals surface area contributed by atoms with Gasteiger partial charge < -0.3 is 20.3 Å². The number of hydrogen-bond acceptors (Lipinski definition) is 4. The zero-order chi connectivity index (χ0) is 16.2. The quantitative estimate of drug-likeness (QED) is 0.788. The summed E-state index contributed by atoms with van der Waals surface area (Å²) in [6.07, 6.45) is -2.84. The van der Waals surface area contributed by atoms with E-state index in [9.17, 15) is 19.1 Å². The number of aliphatic hydroxyl groups is 1. The third-order valence-electron chi connectivity index (χ3n) is 2.45. The Balaban J connectivity index is 2.99. The van der Waals surface area contributed by atoms with E-state index in [2.05, 4.69) is 5.32 Å². The standard InChI is InChI=1S/C14H18FNO5/c1-14(2,3)21-13(20)16-10(11(17)12(18)19)8-5-4-6-9(15)7-8/h4-7,10-11,17H,1-3H3,(H,16,20)(H,18,19)/t10-,11-/m0/s1. The Morgan fingerprint density at radius 3 is 2.43 bits per heavy atom. The Bertz CT molecular complexity index is 526. The van der Waals surface area contributed by atoms with Crippen LogP contribution in [0.2, 0.25) is 0 Å². The van der Waals surface area contributed by atoms with Crippen molar-refractivity contribution in [1.29, 1.82) is 0 Å². The third-order valence-corrected chi connectivity index (χ3v) is 2.45. The second-order valence-electron chi connectivity index (χ2n) is 5.46. The lowest BCUT2D eigenvalue weighted by Crippen LogP contribution is -2.42. The summed E-state index contributed by atoms with van der Waals surface area (Å²) in [4.78, 5) is 22.7. The van der Waals surface area contributed by atoms with Gasteiger partial charge in [-0.2, -0.15) is 0 Å². The van der Waals surface area contributed by atoms with Crippen molar-refractivity contribution in [2.75, 3.05) is 0 Å². The molecule has 0 radical (unpaired) electrons. The van der Waals surface area contributed by atoms with Gasteiger partial charge in [-0.1, -0.05) is 12.1 Å². The first-order valence-electron chi connectivity index (χ1n) is 6.26. The summed E-state index contributed by atoms with van der Waals surface area (Å²) in [5.74, 6) is -2.15. The smallest absolute Gasteiger partial charge is 0.408 e. The van der Waals surface area contributed by atoms with Gasteiger partial charge in [0.05, 0.1) is 6.04 Å². The minimum Gasteiger partial charge on any atom is -0.479 e. The van der Waals surface area contributed by atoms with Crippen LogP contribution < -0.4 is 5.32 Å². The van der Waals surface area contributed by atoms with Crippen LogP contribution in [0.5, 0.6) is 0 Å². The number of ether oxygens (including phenoxy) is 1. The van der Waals surface area contributed by atoms with Gasteiger partial charge in [-0.05, 0) is 38.5 Å². The Kier molecular flexibility index (Phi) is 5.26. The van der Waals surface area contributed by atoms with Crippen molar-refractivity contribution in [3.63, 3.8) is 0 Å². The van der Waals surface area contributed by atoms with Crippen LogP contribution in [0.3, 0.4) is 0 Å². The number of amides is 1. The molecular formula is C14H18FNO5. The number of carboxylic acids is 1. The van der Waals surface area contributed by atoms with Gasteiger partial charge in [-0.3, -0.25) is 0 Å². The van der Waals surface area contributed by atoms with E-state index in [1.807, 2.05) is 0 Å². The molecule has 7 heteroatoms. The van der Waals surface area contributed by atoms with Crippen molar-refractivity contribution < 1.29 is 28.9 Å². The molecule has 0 bridgehead atoms. The minimum atomic E-state index is -1.93. The van der Waals surface area contributed by atoms with Crippen molar-refractivity contribution in [3.8, 4) is 0 Å². The van der Waals surface area contributed by atoms with Crippen molar-refractivity contribution in [2.24, 2.45) is 0 Å². The van der Waals surface area contributed by atoms with Gasteiger partial charge in [-0.25, -0.2) is 14.0 Å². The average molecular weight is 299 g/mol. The largest absolute Gasteiger partial charge is 0.479 e. The van der Waals surface area contributed by atoms with E-state index >= 15 is 0 Å². The molecule has 0 aliphatic heterocycles. The summed E-state index contributed by atoms with van der Waals surface area (Å²) in [5.41, 5.74) is -0.666. The van der Waals surface area contributed by atoms with Gasteiger partial charge in [0.1, 0.15) is 11.4 Å². The number of hydrogen-bond donors (Lipinski definition) is 3. The molecule has 0 spiro atoms. The number of rotatable bonds is 4. The van der Waals surface area contributed by atoms with E-state index in [0.29, 0.717) is 0 Å². The lowest BCUT2D eigenvalue weighted by molar-refractivity contribution is -0.148. The molecule has 0 saturated heterocycles. The van der Waals surface area contributed by atoms with Crippen molar-refractivity contribution in [3.05, 3.63) is 35.6 Å². The van der Waals surface area contributed by atoms with Gasteiger partial charge in [0.2, 0.25) is 0 Å². The van der Waals surface area contributed by atoms with Crippen molar-refractivity contribution >= 4 is 12.1 Å². The zero-order valence-corrected chi connectivity index (χ0v) is 12.0. The van der Waals surface area contributed by atoms with E-state index in [-0.39, 0.29) is 5.56 Å². The Morgan fingerprint density at radius 1 is 1.33 bits per heavy atom. The Hall–Kier alpha value is -2.15. The molecule has 3 N–H and O–H groups in total. The van der Waals surface area contributed by atoms with E-state index in [0.717, 1.165) is 6.07 Å². The zero-order valence-electron chi connectivity index (χ0n) is 12.0. The maximum Gasteiger partial charge on any atom is 0.408 e. The van der Waals surface area contributed by atoms with Crippen molar-refractivity contribution in [2.45, 2.75) is 38.5 Å². The third kappa shape index (κ3) is 5.39. The summed E-state index contributed by atoms with van der Waals surface area (Å²) in [5, 5.41) is 20.8. The molecule has 1 amide bonds. The van der Waals surface area contributed by atoms with Crippen LogP contribution in [-0.2, 0) is 9.53 Å². The predicted molar refractivity (Wildman–Crippen MR) is 72.2 cm³/mol. The molecule has 1 aromatic carbocycles. The fourth-order valence-electron chi connectivity index (χ4n) is 1.62. The molecule has 116 valence electrons. The summed E-state index contributed by atoms with van der Waals surface area (Å²) in [6, 6.07) is 3.63. The number of halogens is 1. The molecule has 0 fully saturated rings. The predicted octanol–water partition coefficient (Wildman–Crippen LogP) is 1.84. The van der Waals surface area contributed by atoms with Crippen LogP contribution in [-0.4, -0.2) is 34.0 Å². The van der Waals surface area contributed by atoms with Gasteiger partial charge in [0, 0.05) is 0 Å². The number of benzene rings is 1. The molecule has 0 aliphatic carbocycles. The van der Waals surface area contributed by atoms with Gasteiger partial charge in [0.25, 0.3) is 0 Å². The number of carbonyl (C=O) groups is 2. The number of nitrogens with one attached hydrogen (secondary N) is 1. The van der Waals surface area contributed by atoms with Gasteiger partial charge >= 0.3 is 12.1 Å². The van der Waals surface area contributed by atoms with E-state index in [1.54, 1.807) is 20.8 Å². The van der Waals surface area contributed by atoms with Crippen LogP contribution in [0.1, 0.15) is 32.4 Å². The molecule has 1 aromatic rings. The normalized spacial score (nSPS) is 14.1. The van der Waals surface area contributed by atoms with Gasteiger partial charge in [-0.15, -0.1) is 0 Å². The monoisotopic (exact) mass is 299 g/mol. The fourth-order valence-corrected chi connectivity index (χ4v) is 1.62. The first-order chi connectivity index (χ1) is 9.60.